The summed E-state index contributed by atoms with van der Waals surface area (Å²) in [6, 6.07) is 10.6. The van der Waals surface area contributed by atoms with Crippen molar-refractivity contribution in [2.24, 2.45) is 0 Å². The van der Waals surface area contributed by atoms with Crippen LogP contribution in [-0.4, -0.2) is 10.1 Å². The highest BCUT2D eigenvalue weighted by atomic mass is 35.5. The molecule has 0 amide bonds. The van der Waals surface area contributed by atoms with Gasteiger partial charge in [0, 0.05) is 16.3 Å². The number of benzene rings is 2. The quantitative estimate of drug-likeness (QED) is 0.365. The first-order valence-electron chi connectivity index (χ1n) is 9.16. The topological polar surface area (TPSA) is 33.1 Å². The van der Waals surface area contributed by atoms with Gasteiger partial charge in [0.1, 0.15) is 0 Å². The molecule has 148 valence electrons. The number of aliphatic hydroxyl groups is 1. The second kappa shape index (κ2) is 7.25. The van der Waals surface area contributed by atoms with Gasteiger partial charge in [-0.25, -0.2) is 0 Å². The van der Waals surface area contributed by atoms with Crippen LogP contribution in [-0.2, 0) is 12.6 Å². The number of halogens is 4. The van der Waals surface area contributed by atoms with Crippen LogP contribution in [0.2, 0.25) is 5.02 Å². The van der Waals surface area contributed by atoms with E-state index in [2.05, 4.69) is 12.3 Å². The summed E-state index contributed by atoms with van der Waals surface area (Å²) in [4.78, 5) is 4.69. The Hall–Kier alpha value is -2.75. The molecule has 0 saturated heterocycles. The van der Waals surface area contributed by atoms with E-state index in [0.717, 1.165) is 18.9 Å². The number of rotatable bonds is 4. The second-order valence-electron chi connectivity index (χ2n) is 7.14. The van der Waals surface area contributed by atoms with Crippen molar-refractivity contribution in [1.29, 1.82) is 0 Å². The average Bonchev–Trinajstić information content (AvgIpc) is 3.52. The van der Waals surface area contributed by atoms with Crippen LogP contribution in [0.15, 0.2) is 54.8 Å². The Morgan fingerprint density at radius 2 is 1.93 bits per heavy atom. The number of aliphatic hydroxyl groups excluding tert-OH is 1. The SMILES string of the molecule is C=C=C(O)c1c(C2CC2)nc2ccc(Cl)cc2c1Cc1ccccc1C(F)(F)F. The molecule has 1 saturated carbocycles. The average molecular weight is 416 g/mol. The largest absolute Gasteiger partial charge is 0.501 e. The maximum Gasteiger partial charge on any atom is 0.416 e. The summed E-state index contributed by atoms with van der Waals surface area (Å²) in [5.41, 5.74) is 4.17. The number of fused-ring (bicyclic) bond motifs is 1. The van der Waals surface area contributed by atoms with Crippen LogP contribution in [0.5, 0.6) is 0 Å². The van der Waals surface area contributed by atoms with Crippen molar-refractivity contribution in [3.05, 3.63) is 87.7 Å². The molecule has 1 N–H and O–H groups in total. The van der Waals surface area contributed by atoms with Crippen molar-refractivity contribution in [3.8, 4) is 0 Å². The van der Waals surface area contributed by atoms with Gasteiger partial charge in [0.25, 0.3) is 0 Å². The van der Waals surface area contributed by atoms with Gasteiger partial charge in [-0.3, -0.25) is 4.98 Å². The molecule has 2 aromatic carbocycles. The fourth-order valence-electron chi connectivity index (χ4n) is 3.65. The molecule has 1 aliphatic rings. The molecule has 2 nitrogen and oxygen atoms in total. The van der Waals surface area contributed by atoms with Gasteiger partial charge in [0.15, 0.2) is 5.76 Å². The monoisotopic (exact) mass is 415 g/mol. The van der Waals surface area contributed by atoms with E-state index in [0.29, 0.717) is 32.7 Å². The molecule has 29 heavy (non-hydrogen) atoms. The highest BCUT2D eigenvalue weighted by Gasteiger charge is 2.35. The Kier molecular flexibility index (Phi) is 4.89. The summed E-state index contributed by atoms with van der Waals surface area (Å²) in [5, 5.41) is 11.6. The third-order valence-corrected chi connectivity index (χ3v) is 5.38. The van der Waals surface area contributed by atoms with Gasteiger partial charge in [0.05, 0.1) is 22.3 Å². The normalized spacial score (nSPS) is 14.1. The van der Waals surface area contributed by atoms with E-state index >= 15 is 0 Å². The molecular weight excluding hydrogens is 399 g/mol. The molecule has 1 heterocycles. The van der Waals surface area contributed by atoms with Crippen LogP contribution in [0.25, 0.3) is 16.7 Å². The van der Waals surface area contributed by atoms with Crippen LogP contribution in [0.3, 0.4) is 0 Å². The van der Waals surface area contributed by atoms with Gasteiger partial charge >= 0.3 is 6.18 Å². The van der Waals surface area contributed by atoms with Crippen LogP contribution in [0.4, 0.5) is 13.2 Å². The number of aromatic nitrogens is 1. The highest BCUT2D eigenvalue weighted by molar-refractivity contribution is 6.31. The number of hydrogen-bond donors (Lipinski definition) is 1. The molecule has 1 fully saturated rings. The summed E-state index contributed by atoms with van der Waals surface area (Å²) >= 11 is 6.17. The van der Waals surface area contributed by atoms with Crippen molar-refractivity contribution in [3.63, 3.8) is 0 Å². The zero-order valence-electron chi connectivity index (χ0n) is 15.4. The summed E-state index contributed by atoms with van der Waals surface area (Å²) in [7, 11) is 0. The predicted octanol–water partition coefficient (Wildman–Crippen LogP) is 7.06. The Morgan fingerprint density at radius 3 is 2.59 bits per heavy atom. The van der Waals surface area contributed by atoms with Crippen molar-refractivity contribution in [2.45, 2.75) is 31.4 Å². The third-order valence-electron chi connectivity index (χ3n) is 5.14. The van der Waals surface area contributed by atoms with Crippen molar-refractivity contribution < 1.29 is 18.3 Å². The molecule has 0 unspecified atom stereocenters. The van der Waals surface area contributed by atoms with E-state index in [1.54, 1.807) is 24.3 Å². The molecule has 0 atom stereocenters. The van der Waals surface area contributed by atoms with E-state index < -0.39 is 11.7 Å². The zero-order valence-corrected chi connectivity index (χ0v) is 16.1. The maximum atomic E-state index is 13.6. The van der Waals surface area contributed by atoms with E-state index in [-0.39, 0.29) is 23.7 Å². The smallest absolute Gasteiger partial charge is 0.416 e. The Balaban J connectivity index is 2.03. The van der Waals surface area contributed by atoms with Crippen molar-refractivity contribution in [2.75, 3.05) is 0 Å². The van der Waals surface area contributed by atoms with Gasteiger partial charge in [-0.05, 0) is 54.7 Å². The van der Waals surface area contributed by atoms with Crippen LogP contribution < -0.4 is 0 Å². The molecule has 1 aliphatic carbocycles. The Bertz CT molecular complexity index is 1160. The minimum atomic E-state index is -4.48. The van der Waals surface area contributed by atoms with Gasteiger partial charge in [-0.15, -0.1) is 0 Å². The second-order valence-corrected chi connectivity index (χ2v) is 7.58. The standard InChI is InChI=1S/C23H17ClF3NO/c1-2-20(29)21-17(11-14-5-3-4-6-18(14)23(25,26)27)16-12-15(24)9-10-19(16)28-22(21)13-7-8-13/h3-6,9-10,12-13,29H,1,7-8,11H2. The molecule has 0 bridgehead atoms. The van der Waals surface area contributed by atoms with Gasteiger partial charge < -0.3 is 5.11 Å². The minimum Gasteiger partial charge on any atom is -0.501 e. The molecule has 3 aromatic rings. The Morgan fingerprint density at radius 1 is 1.21 bits per heavy atom. The summed E-state index contributed by atoms with van der Waals surface area (Å²) in [6.07, 6.45) is -2.67. The fraction of sp³-hybridized carbons (Fsp3) is 0.217. The summed E-state index contributed by atoms with van der Waals surface area (Å²) in [5.74, 6) is -0.0436. The molecule has 0 spiro atoms. The summed E-state index contributed by atoms with van der Waals surface area (Å²) < 4.78 is 40.7. The summed E-state index contributed by atoms with van der Waals surface area (Å²) in [6.45, 7) is 3.51. The van der Waals surface area contributed by atoms with E-state index in [1.165, 1.54) is 12.1 Å². The van der Waals surface area contributed by atoms with E-state index in [4.69, 9.17) is 16.6 Å². The Labute approximate surface area is 171 Å². The van der Waals surface area contributed by atoms with Crippen molar-refractivity contribution in [1.82, 2.24) is 4.98 Å². The van der Waals surface area contributed by atoms with Crippen LogP contribution >= 0.6 is 11.6 Å². The first kappa shape index (κ1) is 19.6. The highest BCUT2D eigenvalue weighted by Crippen LogP contribution is 2.45. The zero-order chi connectivity index (χ0) is 20.8. The van der Waals surface area contributed by atoms with Crippen LogP contribution in [0.1, 0.15) is 46.7 Å². The number of hydrogen-bond acceptors (Lipinski definition) is 2. The van der Waals surface area contributed by atoms with E-state index in [1.807, 2.05) is 0 Å². The minimum absolute atomic E-state index is 0.0319. The lowest BCUT2D eigenvalue weighted by Gasteiger charge is -2.18. The molecule has 1 aromatic heterocycles. The first-order chi connectivity index (χ1) is 13.8. The van der Waals surface area contributed by atoms with Gasteiger partial charge in [-0.2, -0.15) is 13.2 Å². The number of alkyl halides is 3. The predicted molar refractivity (Wildman–Crippen MR) is 108 cm³/mol. The molecule has 6 heteroatoms. The lowest BCUT2D eigenvalue weighted by molar-refractivity contribution is -0.138. The number of pyridine rings is 1. The van der Waals surface area contributed by atoms with Crippen molar-refractivity contribution >= 4 is 28.3 Å². The molecule has 4 rings (SSSR count). The first-order valence-corrected chi connectivity index (χ1v) is 9.54. The molecular formula is C23H17ClF3NO. The number of nitrogens with zero attached hydrogens (tertiary/aromatic N) is 1. The van der Waals surface area contributed by atoms with Gasteiger partial charge in [0.2, 0.25) is 0 Å². The molecule has 0 radical (unpaired) electrons. The van der Waals surface area contributed by atoms with Gasteiger partial charge in [-0.1, -0.05) is 42.1 Å². The fourth-order valence-corrected chi connectivity index (χ4v) is 3.82. The lowest BCUT2D eigenvalue weighted by Crippen LogP contribution is -2.11. The molecule has 0 aliphatic heterocycles. The maximum absolute atomic E-state index is 13.6. The lowest BCUT2D eigenvalue weighted by atomic mass is 9.90. The van der Waals surface area contributed by atoms with Crippen LogP contribution in [0, 0.1) is 0 Å². The van der Waals surface area contributed by atoms with E-state index in [9.17, 15) is 18.3 Å². The third kappa shape index (κ3) is 3.76.